The van der Waals surface area contributed by atoms with Crippen molar-refractivity contribution in [2.24, 2.45) is 0 Å². The zero-order chi connectivity index (χ0) is 14.4. The quantitative estimate of drug-likeness (QED) is 0.795. The standard InChI is InChI=1S/C13H18BrNO4/c1-18-11-6-8(9(14)7-12(11)19-2)10(15)4-3-5-13(16)17/h6-7,10H,3-5,15H2,1-2H3,(H,16,17)/t10-/m0/s1. The Morgan fingerprint density at radius 2 is 1.95 bits per heavy atom. The number of carbonyl (C=O) groups is 1. The third-order valence-electron chi connectivity index (χ3n) is 2.88. The normalized spacial score (nSPS) is 12.0. The molecule has 0 aliphatic heterocycles. The van der Waals surface area contributed by atoms with Gasteiger partial charge in [0.25, 0.3) is 0 Å². The minimum absolute atomic E-state index is 0.0199. The first-order chi connectivity index (χ1) is 8.99. The maximum Gasteiger partial charge on any atom is 0.161 e. The average molecular weight is 332 g/mol. The summed E-state index contributed by atoms with van der Waals surface area (Å²) in [6.45, 7) is 0. The van der Waals surface area contributed by atoms with Crippen LogP contribution < -0.4 is 20.3 Å². The number of methoxy groups -OCH3 is 2. The van der Waals surface area contributed by atoms with Gasteiger partial charge in [0.2, 0.25) is 0 Å². The molecule has 106 valence electrons. The van der Waals surface area contributed by atoms with E-state index in [1.807, 2.05) is 12.1 Å². The summed E-state index contributed by atoms with van der Waals surface area (Å²) in [6.07, 6.45) is 1.26. The van der Waals surface area contributed by atoms with Crippen LogP contribution in [0.2, 0.25) is 0 Å². The number of carbonyl (C=O) groups excluding carboxylic acids is 1. The molecule has 0 amide bonds. The van der Waals surface area contributed by atoms with Crippen molar-refractivity contribution in [3.05, 3.63) is 22.2 Å². The zero-order valence-electron chi connectivity index (χ0n) is 11.1. The van der Waals surface area contributed by atoms with Gasteiger partial charge in [-0.3, -0.25) is 0 Å². The number of halogens is 1. The molecule has 0 heterocycles. The highest BCUT2D eigenvalue weighted by molar-refractivity contribution is 9.10. The summed E-state index contributed by atoms with van der Waals surface area (Å²) in [5.41, 5.74) is 5.03. The molecule has 0 saturated heterocycles. The van der Waals surface area contributed by atoms with Gasteiger partial charge in [0.15, 0.2) is 11.5 Å². The van der Waals surface area contributed by atoms with Gasteiger partial charge in [-0.1, -0.05) is 15.9 Å². The third kappa shape index (κ3) is 4.40. The van der Waals surface area contributed by atoms with Gasteiger partial charge in [0, 0.05) is 22.4 Å². The molecule has 1 aromatic rings. The Morgan fingerprint density at radius 1 is 1.37 bits per heavy atom. The maximum atomic E-state index is 10.4. The van der Waals surface area contributed by atoms with E-state index in [2.05, 4.69) is 21.7 Å². The van der Waals surface area contributed by atoms with Crippen molar-refractivity contribution in [2.45, 2.75) is 25.3 Å². The maximum absolute atomic E-state index is 10.4. The van der Waals surface area contributed by atoms with E-state index in [-0.39, 0.29) is 12.5 Å². The monoisotopic (exact) mass is 331 g/mol. The average Bonchev–Trinajstić information content (AvgIpc) is 2.37. The van der Waals surface area contributed by atoms with Crippen LogP contribution in [0.4, 0.5) is 0 Å². The molecule has 0 fully saturated rings. The van der Waals surface area contributed by atoms with Gasteiger partial charge in [-0.15, -0.1) is 0 Å². The number of aliphatic carboxylic acids is 1. The molecule has 0 aliphatic rings. The molecule has 1 rings (SSSR count). The Morgan fingerprint density at radius 3 is 2.47 bits per heavy atom. The van der Waals surface area contributed by atoms with Crippen molar-refractivity contribution >= 4 is 21.9 Å². The summed E-state index contributed by atoms with van der Waals surface area (Å²) in [4.78, 5) is 10.4. The fourth-order valence-electron chi connectivity index (χ4n) is 1.83. The van der Waals surface area contributed by atoms with E-state index in [0.29, 0.717) is 24.3 Å². The van der Waals surface area contributed by atoms with Crippen LogP contribution in [0.3, 0.4) is 0 Å². The zero-order valence-corrected chi connectivity index (χ0v) is 12.7. The third-order valence-corrected chi connectivity index (χ3v) is 3.56. The lowest BCUT2D eigenvalue weighted by Gasteiger charge is -2.15. The number of rotatable bonds is 7. The summed E-state index contributed by atoms with van der Waals surface area (Å²) in [5.74, 6) is 0.243. The molecular weight excluding hydrogens is 314 g/mol. The SMILES string of the molecule is COc1cc(Br)c([C@@H]([NH3+])CCCC(=O)[O-])cc1OC. The molecule has 0 bridgehead atoms. The van der Waals surface area contributed by atoms with Crippen molar-refractivity contribution in [3.63, 3.8) is 0 Å². The van der Waals surface area contributed by atoms with Crippen LogP contribution in [0.25, 0.3) is 0 Å². The minimum Gasteiger partial charge on any atom is -0.550 e. The second kappa shape index (κ2) is 7.35. The van der Waals surface area contributed by atoms with Gasteiger partial charge in [-0.05, 0) is 25.0 Å². The summed E-state index contributed by atoms with van der Waals surface area (Å²) in [5, 5.41) is 10.4. The molecule has 1 aromatic carbocycles. The highest BCUT2D eigenvalue weighted by Gasteiger charge is 2.17. The summed E-state index contributed by atoms with van der Waals surface area (Å²) < 4.78 is 11.3. The lowest BCUT2D eigenvalue weighted by molar-refractivity contribution is -0.428. The molecule has 0 radical (unpaired) electrons. The molecule has 1 atom stereocenters. The highest BCUT2D eigenvalue weighted by Crippen LogP contribution is 2.36. The second-order valence-corrected chi connectivity index (χ2v) is 5.04. The molecular formula is C13H18BrNO4. The number of carboxylic acid groups (broad SMARTS) is 1. The number of hydrogen-bond acceptors (Lipinski definition) is 4. The van der Waals surface area contributed by atoms with E-state index in [9.17, 15) is 9.90 Å². The van der Waals surface area contributed by atoms with Crippen molar-refractivity contribution in [3.8, 4) is 11.5 Å². The number of quaternary nitrogens is 1. The molecule has 0 aliphatic carbocycles. The fourth-order valence-corrected chi connectivity index (χ4v) is 2.48. The number of ether oxygens (including phenoxy) is 2. The topological polar surface area (TPSA) is 86.2 Å². The Kier molecular flexibility index (Phi) is 6.11. The van der Waals surface area contributed by atoms with Crippen LogP contribution in [-0.2, 0) is 4.79 Å². The molecule has 3 N–H and O–H groups in total. The fraction of sp³-hybridized carbons (Fsp3) is 0.462. The molecule has 0 aromatic heterocycles. The van der Waals surface area contributed by atoms with E-state index >= 15 is 0 Å². The van der Waals surface area contributed by atoms with Crippen molar-refractivity contribution in [2.75, 3.05) is 14.2 Å². The van der Waals surface area contributed by atoms with Crippen molar-refractivity contribution < 1.29 is 25.1 Å². The Labute approximate surface area is 120 Å². The van der Waals surface area contributed by atoms with Crippen LogP contribution in [0, 0.1) is 0 Å². The minimum atomic E-state index is -1.03. The summed E-state index contributed by atoms with van der Waals surface area (Å²) >= 11 is 3.47. The summed E-state index contributed by atoms with van der Waals surface area (Å²) in [6, 6.07) is 3.67. The first-order valence-electron chi connectivity index (χ1n) is 5.94. The largest absolute Gasteiger partial charge is 0.550 e. The molecule has 6 heteroatoms. The van der Waals surface area contributed by atoms with E-state index in [0.717, 1.165) is 10.0 Å². The Bertz CT molecular complexity index is 451. The Balaban J connectivity index is 2.84. The van der Waals surface area contributed by atoms with Crippen LogP contribution >= 0.6 is 15.9 Å². The van der Waals surface area contributed by atoms with Crippen LogP contribution in [0.15, 0.2) is 16.6 Å². The second-order valence-electron chi connectivity index (χ2n) is 4.19. The predicted octanol–water partition coefficient (Wildman–Crippen LogP) is 0.669. The smallest absolute Gasteiger partial charge is 0.161 e. The van der Waals surface area contributed by atoms with Gasteiger partial charge < -0.3 is 25.1 Å². The van der Waals surface area contributed by atoms with Crippen LogP contribution in [0.5, 0.6) is 11.5 Å². The highest BCUT2D eigenvalue weighted by atomic mass is 79.9. The predicted molar refractivity (Wildman–Crippen MR) is 71.7 cm³/mol. The van der Waals surface area contributed by atoms with Crippen LogP contribution in [-0.4, -0.2) is 20.2 Å². The van der Waals surface area contributed by atoms with E-state index in [1.54, 1.807) is 14.2 Å². The van der Waals surface area contributed by atoms with Crippen molar-refractivity contribution in [1.29, 1.82) is 0 Å². The van der Waals surface area contributed by atoms with E-state index in [4.69, 9.17) is 9.47 Å². The van der Waals surface area contributed by atoms with Gasteiger partial charge in [-0.2, -0.15) is 0 Å². The first kappa shape index (κ1) is 15.8. The van der Waals surface area contributed by atoms with Crippen molar-refractivity contribution in [1.82, 2.24) is 0 Å². The number of hydrogen-bond donors (Lipinski definition) is 1. The molecule has 0 spiro atoms. The summed E-state index contributed by atoms with van der Waals surface area (Å²) in [7, 11) is 3.15. The van der Waals surface area contributed by atoms with Gasteiger partial charge >= 0.3 is 0 Å². The Hall–Kier alpha value is -1.27. The molecule has 0 saturated carbocycles. The van der Waals surface area contributed by atoms with Crippen LogP contribution in [0.1, 0.15) is 30.9 Å². The molecule has 19 heavy (non-hydrogen) atoms. The molecule has 0 unspecified atom stereocenters. The van der Waals surface area contributed by atoms with Gasteiger partial charge in [-0.25, -0.2) is 0 Å². The lowest BCUT2D eigenvalue weighted by atomic mass is 10.0. The van der Waals surface area contributed by atoms with Gasteiger partial charge in [0.05, 0.1) is 14.2 Å². The molecule has 5 nitrogen and oxygen atoms in total. The number of benzene rings is 1. The van der Waals surface area contributed by atoms with E-state index < -0.39 is 5.97 Å². The first-order valence-corrected chi connectivity index (χ1v) is 6.73. The number of carboxylic acids is 1. The van der Waals surface area contributed by atoms with Gasteiger partial charge in [0.1, 0.15) is 6.04 Å². The van der Waals surface area contributed by atoms with E-state index in [1.165, 1.54) is 0 Å². The lowest BCUT2D eigenvalue weighted by Crippen LogP contribution is -2.53.